The minimum Gasteiger partial charge on any atom is -0.477 e. The Balaban J connectivity index is 1.52. The number of halogens is 1. The van der Waals surface area contributed by atoms with Crippen molar-refractivity contribution in [2.75, 3.05) is 19.7 Å². The van der Waals surface area contributed by atoms with E-state index in [1.807, 2.05) is 6.07 Å². The van der Waals surface area contributed by atoms with Crippen molar-refractivity contribution in [3.63, 3.8) is 0 Å². The summed E-state index contributed by atoms with van der Waals surface area (Å²) in [6.07, 6.45) is 1.62. The molecule has 1 aromatic heterocycles. The Bertz CT molecular complexity index is 344. The van der Waals surface area contributed by atoms with Gasteiger partial charge in [-0.2, -0.15) is 0 Å². The van der Waals surface area contributed by atoms with Crippen LogP contribution in [0.5, 0.6) is 5.88 Å². The lowest BCUT2D eigenvalue weighted by Crippen LogP contribution is -2.17. The molecule has 3 nitrogen and oxygen atoms in total. The fourth-order valence-electron chi connectivity index (χ4n) is 2.42. The van der Waals surface area contributed by atoms with Crippen LogP contribution in [-0.2, 0) is 0 Å². The van der Waals surface area contributed by atoms with Gasteiger partial charge in [0.2, 0.25) is 5.88 Å². The molecule has 2 aliphatic rings. The third-order valence-electron chi connectivity index (χ3n) is 3.39. The van der Waals surface area contributed by atoms with Crippen LogP contribution in [-0.4, -0.2) is 24.7 Å². The second-order valence-electron chi connectivity index (χ2n) is 4.28. The van der Waals surface area contributed by atoms with Crippen molar-refractivity contribution in [2.45, 2.75) is 0 Å². The molecule has 4 heteroatoms. The first-order valence-electron chi connectivity index (χ1n) is 5.29. The summed E-state index contributed by atoms with van der Waals surface area (Å²) < 4.78 is 5.62. The summed E-state index contributed by atoms with van der Waals surface area (Å²) in [5.41, 5.74) is 0. The van der Waals surface area contributed by atoms with Crippen molar-refractivity contribution in [2.24, 2.45) is 17.8 Å². The third kappa shape index (κ3) is 1.82. The van der Waals surface area contributed by atoms with E-state index in [1.54, 1.807) is 12.3 Å². The second kappa shape index (κ2) is 3.65. The highest BCUT2D eigenvalue weighted by Crippen LogP contribution is 2.48. The molecular weight excluding hydrogens is 212 g/mol. The fraction of sp³-hybridized carbons (Fsp3) is 0.545. The van der Waals surface area contributed by atoms with Crippen LogP contribution >= 0.6 is 11.6 Å². The Hall–Kier alpha value is -0.800. The number of hydrogen-bond acceptors (Lipinski definition) is 3. The maximum absolute atomic E-state index is 5.74. The highest BCUT2D eigenvalue weighted by atomic mass is 35.5. The predicted octanol–water partition coefficient (Wildman–Crippen LogP) is 1.58. The number of nitrogens with zero attached hydrogens (tertiary/aromatic N) is 1. The summed E-state index contributed by atoms with van der Waals surface area (Å²) >= 11 is 5.74. The number of piperidine rings is 1. The number of aromatic nitrogens is 1. The summed E-state index contributed by atoms with van der Waals surface area (Å²) in [6.45, 7) is 3.12. The standard InChI is InChI=1S/C11H13ClN2O/c12-7-1-2-11(14-3-7)15-6-10-8-4-13-5-9(8)10/h1-3,8-10,13H,4-6H2. The second-order valence-corrected chi connectivity index (χ2v) is 4.71. The van der Waals surface area contributed by atoms with Gasteiger partial charge in [-0.15, -0.1) is 0 Å². The van der Waals surface area contributed by atoms with E-state index in [4.69, 9.17) is 16.3 Å². The lowest BCUT2D eigenvalue weighted by molar-refractivity contribution is 0.270. The van der Waals surface area contributed by atoms with Crippen LogP contribution < -0.4 is 10.1 Å². The van der Waals surface area contributed by atoms with Crippen LogP contribution in [0.3, 0.4) is 0 Å². The van der Waals surface area contributed by atoms with Crippen molar-refractivity contribution in [1.29, 1.82) is 0 Å². The van der Waals surface area contributed by atoms with E-state index in [0.717, 1.165) is 37.5 Å². The summed E-state index contributed by atoms with van der Waals surface area (Å²) in [7, 11) is 0. The number of ether oxygens (including phenoxy) is 1. The number of rotatable bonds is 3. The molecule has 1 N–H and O–H groups in total. The van der Waals surface area contributed by atoms with Gasteiger partial charge < -0.3 is 10.1 Å². The molecule has 0 amide bonds. The molecule has 1 saturated heterocycles. The molecule has 80 valence electrons. The van der Waals surface area contributed by atoms with Gasteiger partial charge in [-0.1, -0.05) is 11.6 Å². The van der Waals surface area contributed by atoms with Crippen molar-refractivity contribution in [3.05, 3.63) is 23.4 Å². The lowest BCUT2D eigenvalue weighted by atomic mass is 10.3. The number of fused-ring (bicyclic) bond motifs is 1. The van der Waals surface area contributed by atoms with Crippen LogP contribution in [0.4, 0.5) is 0 Å². The molecule has 2 heterocycles. The summed E-state index contributed by atoms with van der Waals surface area (Å²) in [4.78, 5) is 4.10. The first-order chi connectivity index (χ1) is 7.34. The zero-order valence-corrected chi connectivity index (χ0v) is 9.07. The van der Waals surface area contributed by atoms with Crippen LogP contribution in [0, 0.1) is 17.8 Å². The van der Waals surface area contributed by atoms with Gasteiger partial charge in [0.1, 0.15) is 0 Å². The van der Waals surface area contributed by atoms with Crippen LogP contribution in [0.2, 0.25) is 5.02 Å². The van der Waals surface area contributed by atoms with Gasteiger partial charge in [0.05, 0.1) is 11.6 Å². The van der Waals surface area contributed by atoms with E-state index < -0.39 is 0 Å². The molecule has 2 atom stereocenters. The molecule has 1 aliphatic heterocycles. The van der Waals surface area contributed by atoms with Gasteiger partial charge in [-0.05, 0) is 31.0 Å². The van der Waals surface area contributed by atoms with E-state index in [9.17, 15) is 0 Å². The highest BCUT2D eigenvalue weighted by molar-refractivity contribution is 6.30. The van der Waals surface area contributed by atoms with E-state index in [-0.39, 0.29) is 0 Å². The van der Waals surface area contributed by atoms with Gasteiger partial charge >= 0.3 is 0 Å². The van der Waals surface area contributed by atoms with E-state index in [0.29, 0.717) is 10.9 Å². The predicted molar refractivity (Wildman–Crippen MR) is 58.1 cm³/mol. The summed E-state index contributed by atoms with van der Waals surface area (Å²) in [5, 5.41) is 4.02. The van der Waals surface area contributed by atoms with E-state index in [1.165, 1.54) is 0 Å². The Labute approximate surface area is 93.8 Å². The van der Waals surface area contributed by atoms with Gasteiger partial charge in [-0.25, -0.2) is 4.98 Å². The number of nitrogens with one attached hydrogen (secondary N) is 1. The van der Waals surface area contributed by atoms with Crippen molar-refractivity contribution < 1.29 is 4.74 Å². The van der Waals surface area contributed by atoms with E-state index in [2.05, 4.69) is 10.3 Å². The molecule has 2 fully saturated rings. The fourth-order valence-corrected chi connectivity index (χ4v) is 2.53. The van der Waals surface area contributed by atoms with Crippen molar-refractivity contribution in [3.8, 4) is 5.88 Å². The van der Waals surface area contributed by atoms with Crippen molar-refractivity contribution >= 4 is 11.6 Å². The Morgan fingerprint density at radius 1 is 1.40 bits per heavy atom. The molecule has 15 heavy (non-hydrogen) atoms. The zero-order valence-electron chi connectivity index (χ0n) is 8.32. The van der Waals surface area contributed by atoms with Gasteiger partial charge in [0.15, 0.2) is 0 Å². The minimum atomic E-state index is 0.648. The van der Waals surface area contributed by atoms with Crippen LogP contribution in [0.25, 0.3) is 0 Å². The Morgan fingerprint density at radius 2 is 2.20 bits per heavy atom. The summed E-state index contributed by atoms with van der Waals surface area (Å²) in [5.74, 6) is 3.11. The molecular formula is C11H13ClN2O. The smallest absolute Gasteiger partial charge is 0.213 e. The first kappa shape index (κ1) is 9.43. The highest BCUT2D eigenvalue weighted by Gasteiger charge is 2.52. The average Bonchev–Trinajstić information content (AvgIpc) is 2.71. The molecule has 1 saturated carbocycles. The molecule has 2 unspecified atom stereocenters. The Morgan fingerprint density at radius 3 is 2.87 bits per heavy atom. The molecule has 0 aromatic carbocycles. The Kier molecular flexibility index (Phi) is 2.29. The first-order valence-corrected chi connectivity index (χ1v) is 5.67. The van der Waals surface area contributed by atoms with Gasteiger partial charge in [0.25, 0.3) is 0 Å². The lowest BCUT2D eigenvalue weighted by Gasteiger charge is -2.06. The quantitative estimate of drug-likeness (QED) is 0.847. The number of hydrogen-bond donors (Lipinski definition) is 1. The van der Waals surface area contributed by atoms with Crippen LogP contribution in [0.15, 0.2) is 18.3 Å². The minimum absolute atomic E-state index is 0.648. The van der Waals surface area contributed by atoms with Gasteiger partial charge in [-0.3, -0.25) is 0 Å². The molecule has 0 radical (unpaired) electrons. The third-order valence-corrected chi connectivity index (χ3v) is 3.62. The average molecular weight is 225 g/mol. The topological polar surface area (TPSA) is 34.1 Å². The van der Waals surface area contributed by atoms with E-state index >= 15 is 0 Å². The van der Waals surface area contributed by atoms with Crippen molar-refractivity contribution in [1.82, 2.24) is 10.3 Å². The molecule has 3 rings (SSSR count). The monoisotopic (exact) mass is 224 g/mol. The maximum atomic E-state index is 5.74. The zero-order chi connectivity index (χ0) is 10.3. The van der Waals surface area contributed by atoms with Gasteiger partial charge in [0, 0.05) is 18.2 Å². The largest absolute Gasteiger partial charge is 0.477 e. The maximum Gasteiger partial charge on any atom is 0.213 e. The number of pyridine rings is 1. The normalized spacial score (nSPS) is 32.5. The molecule has 1 aromatic rings. The molecule has 0 spiro atoms. The summed E-state index contributed by atoms with van der Waals surface area (Å²) in [6, 6.07) is 3.62. The molecule has 1 aliphatic carbocycles. The van der Waals surface area contributed by atoms with Crippen LogP contribution in [0.1, 0.15) is 0 Å². The molecule has 0 bridgehead atoms. The SMILES string of the molecule is Clc1ccc(OCC2C3CNCC32)nc1.